The third-order valence-corrected chi connectivity index (χ3v) is 4.98. The van der Waals surface area contributed by atoms with Crippen LogP contribution in [-0.4, -0.2) is 17.5 Å². The molecule has 28 heavy (non-hydrogen) atoms. The van der Waals surface area contributed by atoms with Crippen molar-refractivity contribution in [3.05, 3.63) is 71.0 Å². The van der Waals surface area contributed by atoms with Crippen molar-refractivity contribution in [2.75, 3.05) is 0 Å². The van der Waals surface area contributed by atoms with Crippen LogP contribution in [0.4, 0.5) is 9.18 Å². The van der Waals surface area contributed by atoms with Crippen LogP contribution >= 0.6 is 0 Å². The van der Waals surface area contributed by atoms with Crippen molar-refractivity contribution in [2.24, 2.45) is 0 Å². The average Bonchev–Trinajstić information content (AvgIpc) is 2.59. The molecule has 148 valence electrons. The number of alkyl carbamates (subject to hydrolysis) is 1. The summed E-state index contributed by atoms with van der Waals surface area (Å²) in [4.78, 5) is 24.7. The van der Waals surface area contributed by atoms with E-state index < -0.39 is 17.2 Å². The highest BCUT2D eigenvalue weighted by atomic mass is 19.1. The Morgan fingerprint density at radius 2 is 1.64 bits per heavy atom. The first-order chi connectivity index (χ1) is 13.2. The maximum absolute atomic E-state index is 13.0. The minimum atomic E-state index is -0.550. The van der Waals surface area contributed by atoms with E-state index in [-0.39, 0.29) is 18.0 Å². The van der Waals surface area contributed by atoms with Crippen LogP contribution in [0.15, 0.2) is 48.5 Å². The van der Waals surface area contributed by atoms with Gasteiger partial charge in [-0.2, -0.15) is 0 Å². The van der Waals surface area contributed by atoms with Gasteiger partial charge in [0.15, 0.2) is 5.78 Å². The maximum Gasteiger partial charge on any atom is 0.408 e. The summed E-state index contributed by atoms with van der Waals surface area (Å²) in [7, 11) is 0. The molecule has 1 aliphatic rings. The van der Waals surface area contributed by atoms with E-state index in [2.05, 4.69) is 5.32 Å². The largest absolute Gasteiger partial charge is 0.444 e. The molecule has 0 heterocycles. The predicted molar refractivity (Wildman–Crippen MR) is 106 cm³/mol. The zero-order valence-corrected chi connectivity index (χ0v) is 16.5. The zero-order chi connectivity index (χ0) is 20.4. The maximum atomic E-state index is 13.0. The fourth-order valence-electron chi connectivity index (χ4n) is 3.38. The lowest BCUT2D eigenvalue weighted by atomic mass is 9.71. The molecule has 1 saturated carbocycles. The number of rotatable bonds is 5. The van der Waals surface area contributed by atoms with E-state index in [1.54, 1.807) is 24.3 Å². The number of ketones is 1. The highest BCUT2D eigenvalue weighted by molar-refractivity contribution is 5.97. The molecule has 5 heteroatoms. The van der Waals surface area contributed by atoms with Gasteiger partial charge in [0.2, 0.25) is 0 Å². The van der Waals surface area contributed by atoms with Crippen LogP contribution in [0.3, 0.4) is 0 Å². The Morgan fingerprint density at radius 1 is 1.04 bits per heavy atom. The summed E-state index contributed by atoms with van der Waals surface area (Å²) in [5, 5.41) is 3.01. The van der Waals surface area contributed by atoms with Gasteiger partial charge in [-0.3, -0.25) is 4.79 Å². The quantitative estimate of drug-likeness (QED) is 0.726. The number of hydrogen-bond acceptors (Lipinski definition) is 3. The van der Waals surface area contributed by atoms with Gasteiger partial charge < -0.3 is 10.1 Å². The highest BCUT2D eigenvalue weighted by Crippen LogP contribution is 2.41. The van der Waals surface area contributed by atoms with E-state index in [9.17, 15) is 14.0 Å². The first kappa shape index (κ1) is 20.1. The van der Waals surface area contributed by atoms with Crippen LogP contribution in [0, 0.1) is 5.82 Å². The minimum absolute atomic E-state index is 0.0269. The summed E-state index contributed by atoms with van der Waals surface area (Å²) in [5.74, 6) is -0.343. The second kappa shape index (κ2) is 7.74. The van der Waals surface area contributed by atoms with E-state index in [0.717, 1.165) is 30.4 Å². The summed E-state index contributed by atoms with van der Waals surface area (Å²) < 4.78 is 18.4. The first-order valence-corrected chi connectivity index (χ1v) is 9.56. The second-order valence-corrected chi connectivity index (χ2v) is 8.37. The molecular formula is C23H26FNO3. The van der Waals surface area contributed by atoms with Gasteiger partial charge in [-0.15, -0.1) is 0 Å². The molecule has 0 bridgehead atoms. The lowest BCUT2D eigenvalue weighted by Crippen LogP contribution is -2.52. The third kappa shape index (κ3) is 4.77. The molecule has 0 aromatic heterocycles. The predicted octanol–water partition coefficient (Wildman–Crippen LogP) is 5.16. The number of benzene rings is 2. The highest BCUT2D eigenvalue weighted by Gasteiger charge is 2.41. The molecule has 1 amide bonds. The van der Waals surface area contributed by atoms with Crippen molar-refractivity contribution in [3.8, 4) is 0 Å². The third-order valence-electron chi connectivity index (χ3n) is 4.98. The Kier molecular flexibility index (Phi) is 5.54. The number of carbonyl (C=O) groups is 2. The molecule has 0 aliphatic heterocycles. The van der Waals surface area contributed by atoms with Crippen LogP contribution in [0.25, 0.3) is 0 Å². The Hall–Kier alpha value is -2.69. The van der Waals surface area contributed by atoms with Gasteiger partial charge in [0, 0.05) is 12.0 Å². The van der Waals surface area contributed by atoms with Crippen molar-refractivity contribution >= 4 is 11.9 Å². The van der Waals surface area contributed by atoms with E-state index in [1.807, 2.05) is 32.9 Å². The molecule has 4 nitrogen and oxygen atoms in total. The van der Waals surface area contributed by atoms with Crippen molar-refractivity contribution in [1.82, 2.24) is 5.32 Å². The molecule has 0 unspecified atom stereocenters. The van der Waals surface area contributed by atoms with Crippen LogP contribution in [-0.2, 0) is 16.7 Å². The van der Waals surface area contributed by atoms with Gasteiger partial charge in [0.1, 0.15) is 11.4 Å². The molecule has 1 aliphatic carbocycles. The summed E-state index contributed by atoms with van der Waals surface area (Å²) >= 11 is 0. The summed E-state index contributed by atoms with van der Waals surface area (Å²) in [6.45, 7) is 5.50. The standard InChI is InChI=1S/C23H26FNO3/c1-22(2,3)28-21(27)25-23(13-4-14-23)18-9-7-17(8-10-18)20(26)15-16-5-11-19(24)12-6-16/h5-12H,4,13-15H2,1-3H3,(H,25,27). The molecule has 1 fully saturated rings. The van der Waals surface area contributed by atoms with Crippen molar-refractivity contribution < 1.29 is 18.7 Å². The van der Waals surface area contributed by atoms with Crippen molar-refractivity contribution in [2.45, 2.75) is 57.6 Å². The second-order valence-electron chi connectivity index (χ2n) is 8.37. The van der Waals surface area contributed by atoms with Crippen molar-refractivity contribution in [1.29, 1.82) is 0 Å². The number of amides is 1. The summed E-state index contributed by atoms with van der Waals surface area (Å²) in [6, 6.07) is 13.3. The average molecular weight is 383 g/mol. The smallest absolute Gasteiger partial charge is 0.408 e. The SMILES string of the molecule is CC(C)(C)OC(=O)NC1(c2ccc(C(=O)Cc3ccc(F)cc3)cc2)CCC1. The molecule has 2 aromatic rings. The number of halogens is 1. The van der Waals surface area contributed by atoms with Crippen LogP contribution in [0.5, 0.6) is 0 Å². The van der Waals surface area contributed by atoms with Crippen LogP contribution in [0.2, 0.25) is 0 Å². The fraction of sp³-hybridized carbons (Fsp3) is 0.391. The molecule has 0 atom stereocenters. The van der Waals surface area contributed by atoms with Gasteiger partial charge in [-0.25, -0.2) is 9.18 Å². The zero-order valence-electron chi connectivity index (χ0n) is 16.5. The number of Topliss-reactive ketones (excluding diaryl/α,β-unsaturated/α-hetero) is 1. The van der Waals surface area contributed by atoms with E-state index in [0.29, 0.717) is 5.56 Å². The van der Waals surface area contributed by atoms with Crippen LogP contribution in [0.1, 0.15) is 61.5 Å². The fourth-order valence-corrected chi connectivity index (χ4v) is 3.38. The van der Waals surface area contributed by atoms with Gasteiger partial charge in [0.25, 0.3) is 0 Å². The summed E-state index contributed by atoms with van der Waals surface area (Å²) in [5.41, 5.74) is 1.37. The van der Waals surface area contributed by atoms with Crippen LogP contribution < -0.4 is 5.32 Å². The Bertz CT molecular complexity index is 847. The monoisotopic (exact) mass is 383 g/mol. The van der Waals surface area contributed by atoms with E-state index in [4.69, 9.17) is 4.74 Å². The molecule has 3 rings (SSSR count). The normalized spacial score (nSPS) is 15.4. The summed E-state index contributed by atoms with van der Waals surface area (Å²) in [6.07, 6.45) is 2.51. The molecule has 0 spiro atoms. The topological polar surface area (TPSA) is 55.4 Å². The molecule has 0 radical (unpaired) electrons. The minimum Gasteiger partial charge on any atom is -0.444 e. The van der Waals surface area contributed by atoms with Gasteiger partial charge >= 0.3 is 6.09 Å². The van der Waals surface area contributed by atoms with Crippen molar-refractivity contribution in [3.63, 3.8) is 0 Å². The number of carbonyl (C=O) groups excluding carboxylic acids is 2. The molecule has 2 aromatic carbocycles. The number of hydrogen-bond donors (Lipinski definition) is 1. The Morgan fingerprint density at radius 3 is 2.14 bits per heavy atom. The van der Waals surface area contributed by atoms with Gasteiger partial charge in [-0.1, -0.05) is 36.4 Å². The Balaban J connectivity index is 1.69. The number of ether oxygens (including phenoxy) is 1. The van der Waals surface area contributed by atoms with Gasteiger partial charge in [0.05, 0.1) is 5.54 Å². The lowest BCUT2D eigenvalue weighted by Gasteiger charge is -2.43. The lowest BCUT2D eigenvalue weighted by molar-refractivity contribution is 0.0377. The Labute approximate surface area is 165 Å². The molecular weight excluding hydrogens is 357 g/mol. The molecule has 0 saturated heterocycles. The van der Waals surface area contributed by atoms with E-state index >= 15 is 0 Å². The molecule has 1 N–H and O–H groups in total. The first-order valence-electron chi connectivity index (χ1n) is 9.56. The van der Waals surface area contributed by atoms with Gasteiger partial charge in [-0.05, 0) is 63.3 Å². The van der Waals surface area contributed by atoms with E-state index in [1.165, 1.54) is 12.1 Å². The number of nitrogens with one attached hydrogen (secondary N) is 1.